The van der Waals surface area contributed by atoms with E-state index >= 15 is 0 Å². The standard InChI is InChI=1S/C18H17N5O3/c1-12-3-4-15(9-17(12)23(25)26)18(24)21-13(2)14-5-7-16(8-6-14)22-11-19-10-20-22/h3-11,13H,1-2H3,(H,21,24). The number of carbonyl (C=O) groups is 1. The lowest BCUT2D eigenvalue weighted by Gasteiger charge is -2.15. The molecule has 1 unspecified atom stereocenters. The highest BCUT2D eigenvalue weighted by Gasteiger charge is 2.17. The van der Waals surface area contributed by atoms with Gasteiger partial charge < -0.3 is 5.32 Å². The Hall–Kier alpha value is -3.55. The summed E-state index contributed by atoms with van der Waals surface area (Å²) >= 11 is 0. The number of rotatable bonds is 5. The van der Waals surface area contributed by atoms with E-state index in [0.29, 0.717) is 5.56 Å². The Bertz CT molecular complexity index is 936. The molecule has 0 aliphatic rings. The molecule has 26 heavy (non-hydrogen) atoms. The van der Waals surface area contributed by atoms with Crippen LogP contribution < -0.4 is 5.32 Å². The topological polar surface area (TPSA) is 103 Å². The summed E-state index contributed by atoms with van der Waals surface area (Å²) in [4.78, 5) is 26.9. The molecule has 8 heteroatoms. The average Bonchev–Trinajstić information content (AvgIpc) is 3.16. The van der Waals surface area contributed by atoms with Gasteiger partial charge in [-0.3, -0.25) is 14.9 Å². The van der Waals surface area contributed by atoms with Crippen molar-refractivity contribution in [1.82, 2.24) is 20.1 Å². The van der Waals surface area contributed by atoms with Crippen LogP contribution in [-0.2, 0) is 0 Å². The van der Waals surface area contributed by atoms with Gasteiger partial charge >= 0.3 is 0 Å². The van der Waals surface area contributed by atoms with E-state index in [1.54, 1.807) is 30.1 Å². The molecular weight excluding hydrogens is 334 g/mol. The van der Waals surface area contributed by atoms with Crippen LogP contribution in [0.4, 0.5) is 5.69 Å². The minimum atomic E-state index is -0.488. The lowest BCUT2D eigenvalue weighted by Crippen LogP contribution is -2.26. The molecule has 0 saturated heterocycles. The van der Waals surface area contributed by atoms with Gasteiger partial charge in [-0.05, 0) is 37.6 Å². The smallest absolute Gasteiger partial charge is 0.273 e. The van der Waals surface area contributed by atoms with Gasteiger partial charge in [-0.15, -0.1) is 0 Å². The number of nitro groups is 1. The number of aromatic nitrogens is 3. The maximum Gasteiger partial charge on any atom is 0.273 e. The number of benzene rings is 2. The van der Waals surface area contributed by atoms with E-state index in [-0.39, 0.29) is 23.2 Å². The van der Waals surface area contributed by atoms with Gasteiger partial charge in [0.1, 0.15) is 12.7 Å². The monoisotopic (exact) mass is 351 g/mol. The van der Waals surface area contributed by atoms with Crippen molar-refractivity contribution < 1.29 is 9.72 Å². The molecule has 1 N–H and O–H groups in total. The number of nitro benzene ring substituents is 1. The van der Waals surface area contributed by atoms with Crippen molar-refractivity contribution in [3.8, 4) is 5.69 Å². The Labute approximate surface area is 149 Å². The molecule has 1 atom stereocenters. The normalized spacial score (nSPS) is 11.8. The van der Waals surface area contributed by atoms with E-state index in [1.807, 2.05) is 31.2 Å². The molecule has 0 aliphatic heterocycles. The highest BCUT2D eigenvalue weighted by atomic mass is 16.6. The fourth-order valence-electron chi connectivity index (χ4n) is 2.57. The first-order valence-corrected chi connectivity index (χ1v) is 7.96. The molecule has 3 aromatic rings. The maximum atomic E-state index is 12.4. The molecule has 0 saturated carbocycles. The summed E-state index contributed by atoms with van der Waals surface area (Å²) in [6, 6.07) is 11.7. The molecule has 3 rings (SSSR count). The Morgan fingerprint density at radius 2 is 1.96 bits per heavy atom. The summed E-state index contributed by atoms with van der Waals surface area (Å²) < 4.78 is 1.64. The zero-order valence-electron chi connectivity index (χ0n) is 14.3. The number of nitrogens with one attached hydrogen (secondary N) is 1. The number of carbonyl (C=O) groups excluding carboxylic acids is 1. The zero-order chi connectivity index (χ0) is 18.7. The van der Waals surface area contributed by atoms with Crippen LogP contribution >= 0.6 is 0 Å². The van der Waals surface area contributed by atoms with Crippen LogP contribution in [-0.4, -0.2) is 25.6 Å². The molecule has 1 heterocycles. The third-order valence-electron chi connectivity index (χ3n) is 4.09. The number of hydrogen-bond acceptors (Lipinski definition) is 5. The minimum Gasteiger partial charge on any atom is -0.346 e. The fourth-order valence-corrected chi connectivity index (χ4v) is 2.57. The molecule has 0 fully saturated rings. The number of amides is 1. The third-order valence-corrected chi connectivity index (χ3v) is 4.09. The summed E-state index contributed by atoms with van der Waals surface area (Å²) in [5.74, 6) is -0.360. The number of nitrogens with zero attached hydrogens (tertiary/aromatic N) is 4. The van der Waals surface area contributed by atoms with Crippen LogP contribution in [0.3, 0.4) is 0 Å². The number of hydrogen-bond donors (Lipinski definition) is 1. The second-order valence-electron chi connectivity index (χ2n) is 5.89. The van der Waals surface area contributed by atoms with Gasteiger partial charge in [0.25, 0.3) is 11.6 Å². The van der Waals surface area contributed by atoms with Crippen molar-refractivity contribution in [2.75, 3.05) is 0 Å². The van der Waals surface area contributed by atoms with E-state index in [4.69, 9.17) is 0 Å². The van der Waals surface area contributed by atoms with Gasteiger partial charge in [-0.1, -0.05) is 18.2 Å². The van der Waals surface area contributed by atoms with Crippen LogP contribution in [0.25, 0.3) is 5.69 Å². The van der Waals surface area contributed by atoms with Crippen molar-refractivity contribution >= 4 is 11.6 Å². The van der Waals surface area contributed by atoms with Crippen LogP contribution in [0.2, 0.25) is 0 Å². The quantitative estimate of drug-likeness (QED) is 0.562. The van der Waals surface area contributed by atoms with Gasteiger partial charge in [0.15, 0.2) is 0 Å². The molecule has 1 aromatic heterocycles. The van der Waals surface area contributed by atoms with Crippen molar-refractivity contribution in [2.45, 2.75) is 19.9 Å². The average molecular weight is 351 g/mol. The van der Waals surface area contributed by atoms with Crippen LogP contribution in [0.15, 0.2) is 55.1 Å². The Kier molecular flexibility index (Phi) is 4.74. The first kappa shape index (κ1) is 17.3. The van der Waals surface area contributed by atoms with Crippen LogP contribution in [0.5, 0.6) is 0 Å². The Balaban J connectivity index is 1.73. The first-order chi connectivity index (χ1) is 12.5. The summed E-state index contributed by atoms with van der Waals surface area (Å²) in [6.07, 6.45) is 3.06. The van der Waals surface area contributed by atoms with Gasteiger partial charge in [-0.2, -0.15) is 5.10 Å². The molecule has 0 spiro atoms. The summed E-state index contributed by atoms with van der Waals surface area (Å²) in [7, 11) is 0. The molecule has 1 amide bonds. The van der Waals surface area contributed by atoms with Gasteiger partial charge in [0.05, 0.1) is 16.7 Å². The second-order valence-corrected chi connectivity index (χ2v) is 5.89. The largest absolute Gasteiger partial charge is 0.346 e. The second kappa shape index (κ2) is 7.14. The predicted molar refractivity (Wildman–Crippen MR) is 95.1 cm³/mol. The maximum absolute atomic E-state index is 12.4. The third kappa shape index (κ3) is 3.59. The summed E-state index contributed by atoms with van der Waals surface area (Å²) in [5.41, 5.74) is 2.47. The lowest BCUT2D eigenvalue weighted by atomic mass is 10.1. The van der Waals surface area contributed by atoms with E-state index < -0.39 is 4.92 Å². The fraction of sp³-hybridized carbons (Fsp3) is 0.167. The van der Waals surface area contributed by atoms with Crippen molar-refractivity contribution in [1.29, 1.82) is 0 Å². The Morgan fingerprint density at radius 3 is 2.58 bits per heavy atom. The Morgan fingerprint density at radius 1 is 1.23 bits per heavy atom. The predicted octanol–water partition coefficient (Wildman–Crippen LogP) is 2.97. The van der Waals surface area contributed by atoms with Crippen LogP contribution in [0.1, 0.15) is 34.5 Å². The SMILES string of the molecule is Cc1ccc(C(=O)NC(C)c2ccc(-n3cncn3)cc2)cc1[N+](=O)[O-]. The van der Waals surface area contributed by atoms with Gasteiger partial charge in [-0.25, -0.2) is 9.67 Å². The lowest BCUT2D eigenvalue weighted by molar-refractivity contribution is -0.385. The van der Waals surface area contributed by atoms with E-state index in [0.717, 1.165) is 11.3 Å². The summed E-state index contributed by atoms with van der Waals surface area (Å²) in [5, 5.41) is 17.9. The number of aryl methyl sites for hydroxylation is 1. The molecule has 0 aliphatic carbocycles. The van der Waals surface area contributed by atoms with Crippen molar-refractivity contribution in [3.05, 3.63) is 81.9 Å². The molecule has 132 valence electrons. The van der Waals surface area contributed by atoms with Crippen molar-refractivity contribution in [3.63, 3.8) is 0 Å². The molecular formula is C18H17N5O3. The zero-order valence-corrected chi connectivity index (χ0v) is 14.3. The van der Waals surface area contributed by atoms with E-state index in [9.17, 15) is 14.9 Å². The molecule has 0 bridgehead atoms. The van der Waals surface area contributed by atoms with E-state index in [2.05, 4.69) is 15.4 Å². The molecule has 8 nitrogen and oxygen atoms in total. The van der Waals surface area contributed by atoms with E-state index in [1.165, 1.54) is 12.4 Å². The summed E-state index contributed by atoms with van der Waals surface area (Å²) in [6.45, 7) is 3.49. The van der Waals surface area contributed by atoms with Crippen molar-refractivity contribution in [2.24, 2.45) is 0 Å². The molecule has 0 radical (unpaired) electrons. The van der Waals surface area contributed by atoms with Gasteiger partial charge in [0, 0.05) is 17.2 Å². The molecule has 2 aromatic carbocycles. The van der Waals surface area contributed by atoms with Gasteiger partial charge in [0.2, 0.25) is 0 Å². The minimum absolute atomic E-state index is 0.0671. The van der Waals surface area contributed by atoms with Crippen LogP contribution in [0, 0.1) is 17.0 Å². The highest BCUT2D eigenvalue weighted by Crippen LogP contribution is 2.20. The first-order valence-electron chi connectivity index (χ1n) is 7.96. The highest BCUT2D eigenvalue weighted by molar-refractivity contribution is 5.95.